The van der Waals surface area contributed by atoms with Crippen LogP contribution in [-0.2, 0) is 10.1 Å². The summed E-state index contributed by atoms with van der Waals surface area (Å²) in [5, 5.41) is 23.3. The Hall–Kier alpha value is -3.70. The summed E-state index contributed by atoms with van der Waals surface area (Å²) in [6.07, 6.45) is 0. The minimum Gasteiger partial charge on any atom is -0.505 e. The largest absolute Gasteiger partial charge is 0.505 e. The van der Waals surface area contributed by atoms with Crippen LogP contribution >= 0.6 is 23.2 Å². The summed E-state index contributed by atoms with van der Waals surface area (Å²) in [4.78, 5) is 12.7. The molecule has 3 N–H and O–H groups in total. The summed E-state index contributed by atoms with van der Waals surface area (Å²) >= 11 is 12.3. The topological polar surface area (TPSA) is 138 Å². The van der Waals surface area contributed by atoms with Gasteiger partial charge < -0.3 is 15.2 Å². The molecule has 0 aliphatic heterocycles. The first-order valence-corrected chi connectivity index (χ1v) is 13.4. The molecular formula is C26H21Cl2N3O6S. The summed E-state index contributed by atoms with van der Waals surface area (Å²) in [7, 11) is -4.66. The number of nitrogens with zero attached hydrogens (tertiary/aromatic N) is 2. The average molecular weight is 574 g/mol. The van der Waals surface area contributed by atoms with E-state index in [0.717, 1.165) is 0 Å². The first-order valence-electron chi connectivity index (χ1n) is 11.2. The van der Waals surface area contributed by atoms with Crippen molar-refractivity contribution in [1.29, 1.82) is 0 Å². The number of azo groups is 1. The van der Waals surface area contributed by atoms with Gasteiger partial charge in [-0.3, -0.25) is 9.35 Å². The van der Waals surface area contributed by atoms with Crippen molar-refractivity contribution >= 4 is 67.1 Å². The van der Waals surface area contributed by atoms with Crippen molar-refractivity contribution in [1.82, 2.24) is 0 Å². The van der Waals surface area contributed by atoms with Gasteiger partial charge in [-0.2, -0.15) is 8.42 Å². The number of hydrogen-bond acceptors (Lipinski definition) is 7. The monoisotopic (exact) mass is 573 g/mol. The lowest BCUT2D eigenvalue weighted by atomic mass is 10.0. The molecule has 4 rings (SSSR count). The second-order valence-electron chi connectivity index (χ2n) is 8.12. The van der Waals surface area contributed by atoms with Gasteiger partial charge in [0.25, 0.3) is 16.0 Å². The number of amides is 1. The number of rotatable bonds is 7. The molecule has 0 atom stereocenters. The Balaban J connectivity index is 1.80. The zero-order valence-corrected chi connectivity index (χ0v) is 22.4. The molecule has 1 amide bonds. The van der Waals surface area contributed by atoms with Gasteiger partial charge in [0, 0.05) is 16.1 Å². The molecule has 0 spiro atoms. The number of halogens is 2. The van der Waals surface area contributed by atoms with Crippen LogP contribution in [0, 0.1) is 6.92 Å². The van der Waals surface area contributed by atoms with E-state index < -0.39 is 26.7 Å². The maximum Gasteiger partial charge on any atom is 0.297 e. The second kappa shape index (κ2) is 11.0. The molecule has 9 nitrogen and oxygen atoms in total. The normalized spacial score (nSPS) is 11.7. The SMILES string of the molecule is CCOc1ccc(NC(=O)c2cc3ccccc3c(N=Nc3cc(Cl)cc(C)c3S(=O)(=O)O)c2O)cc1Cl. The standard InChI is InChI=1S/C26H21Cl2N3O6S/c1-3-37-22-9-8-17(13-20(22)28)29-26(33)19-11-15-6-4-5-7-18(15)23(24(19)32)31-30-21-12-16(27)10-14(2)25(21)38(34,35)36/h4-13,32H,3H2,1-2H3,(H,29,33)(H,34,35,36). The number of benzene rings is 4. The molecule has 0 radical (unpaired) electrons. The lowest BCUT2D eigenvalue weighted by Crippen LogP contribution is -2.12. The van der Waals surface area contributed by atoms with Crippen LogP contribution < -0.4 is 10.1 Å². The minimum absolute atomic E-state index is 0.0862. The van der Waals surface area contributed by atoms with Gasteiger partial charge in [-0.05, 0) is 61.2 Å². The molecule has 0 aliphatic carbocycles. The van der Waals surface area contributed by atoms with Gasteiger partial charge in [0.15, 0.2) is 5.75 Å². The number of phenolic OH excluding ortho intramolecular Hbond substituents is 1. The van der Waals surface area contributed by atoms with E-state index in [1.807, 2.05) is 6.92 Å². The molecule has 196 valence electrons. The number of hydrogen-bond donors (Lipinski definition) is 3. The smallest absolute Gasteiger partial charge is 0.297 e. The second-order valence-corrected chi connectivity index (χ2v) is 10.3. The van der Waals surface area contributed by atoms with E-state index in [9.17, 15) is 22.9 Å². The Morgan fingerprint density at radius 3 is 2.47 bits per heavy atom. The van der Waals surface area contributed by atoms with Gasteiger partial charge in [0.2, 0.25) is 0 Å². The van der Waals surface area contributed by atoms with E-state index in [2.05, 4.69) is 15.5 Å². The lowest BCUT2D eigenvalue weighted by Gasteiger charge is -2.12. The number of aryl methyl sites for hydroxylation is 1. The van der Waals surface area contributed by atoms with Crippen LogP contribution in [0.4, 0.5) is 17.1 Å². The van der Waals surface area contributed by atoms with Crippen molar-refractivity contribution < 1.29 is 27.6 Å². The Kier molecular flexibility index (Phi) is 7.89. The van der Waals surface area contributed by atoms with E-state index in [4.69, 9.17) is 27.9 Å². The molecule has 12 heteroatoms. The van der Waals surface area contributed by atoms with Crippen LogP contribution in [0.5, 0.6) is 11.5 Å². The molecule has 4 aromatic carbocycles. The fourth-order valence-electron chi connectivity index (χ4n) is 3.87. The quantitative estimate of drug-likeness (QED) is 0.155. The van der Waals surface area contributed by atoms with Crippen molar-refractivity contribution in [2.75, 3.05) is 11.9 Å². The summed E-state index contributed by atoms with van der Waals surface area (Å²) in [5.74, 6) is -0.680. The third kappa shape index (κ3) is 5.73. The van der Waals surface area contributed by atoms with Crippen LogP contribution in [0.1, 0.15) is 22.8 Å². The molecule has 0 unspecified atom stereocenters. The van der Waals surface area contributed by atoms with E-state index >= 15 is 0 Å². The third-order valence-electron chi connectivity index (χ3n) is 5.46. The summed E-state index contributed by atoms with van der Waals surface area (Å²) in [6.45, 7) is 3.69. The molecule has 0 saturated heterocycles. The molecule has 0 bridgehead atoms. The molecule has 0 aromatic heterocycles. The summed E-state index contributed by atoms with van der Waals surface area (Å²) in [5.41, 5.74) is 0.0910. The average Bonchev–Trinajstić information content (AvgIpc) is 2.83. The number of fused-ring (bicyclic) bond motifs is 1. The maximum atomic E-state index is 13.2. The van der Waals surface area contributed by atoms with Crippen molar-refractivity contribution in [3.8, 4) is 11.5 Å². The Morgan fingerprint density at radius 1 is 1.05 bits per heavy atom. The van der Waals surface area contributed by atoms with Gasteiger partial charge in [-0.1, -0.05) is 47.5 Å². The first-order chi connectivity index (χ1) is 18.0. The Morgan fingerprint density at radius 2 is 1.79 bits per heavy atom. The van der Waals surface area contributed by atoms with Crippen molar-refractivity contribution in [3.05, 3.63) is 81.8 Å². The van der Waals surface area contributed by atoms with E-state index in [1.54, 1.807) is 36.4 Å². The molecule has 0 fully saturated rings. The van der Waals surface area contributed by atoms with Gasteiger partial charge in [0.1, 0.15) is 22.0 Å². The summed E-state index contributed by atoms with van der Waals surface area (Å²) < 4.78 is 39.0. The number of ether oxygens (including phenoxy) is 1. The van der Waals surface area contributed by atoms with Crippen molar-refractivity contribution in [2.24, 2.45) is 10.2 Å². The highest BCUT2D eigenvalue weighted by molar-refractivity contribution is 7.86. The number of nitrogens with one attached hydrogen (secondary N) is 1. The van der Waals surface area contributed by atoms with Gasteiger partial charge in [-0.15, -0.1) is 10.2 Å². The fourth-order valence-corrected chi connectivity index (χ4v) is 5.20. The number of carbonyl (C=O) groups is 1. The minimum atomic E-state index is -4.66. The van der Waals surface area contributed by atoms with Gasteiger partial charge in [-0.25, -0.2) is 0 Å². The number of anilines is 1. The molecule has 38 heavy (non-hydrogen) atoms. The van der Waals surface area contributed by atoms with Crippen LogP contribution in [0.15, 0.2) is 75.8 Å². The van der Waals surface area contributed by atoms with Crippen LogP contribution in [0.25, 0.3) is 10.8 Å². The molecule has 0 aliphatic rings. The molecule has 0 saturated carbocycles. The highest BCUT2D eigenvalue weighted by atomic mass is 35.5. The predicted molar refractivity (Wildman–Crippen MR) is 146 cm³/mol. The third-order valence-corrected chi connectivity index (χ3v) is 7.03. The summed E-state index contributed by atoms with van der Waals surface area (Å²) in [6, 6.07) is 15.6. The zero-order chi connectivity index (χ0) is 27.6. The predicted octanol–water partition coefficient (Wildman–Crippen LogP) is 7.47. The highest BCUT2D eigenvalue weighted by Crippen LogP contribution is 2.41. The zero-order valence-electron chi connectivity index (χ0n) is 20.1. The molecule has 0 heterocycles. The maximum absolute atomic E-state index is 13.2. The van der Waals surface area contributed by atoms with Gasteiger partial charge in [0.05, 0.1) is 17.2 Å². The van der Waals surface area contributed by atoms with E-state index in [1.165, 1.54) is 31.2 Å². The molecule has 4 aromatic rings. The lowest BCUT2D eigenvalue weighted by molar-refractivity contribution is 0.102. The van der Waals surface area contributed by atoms with Crippen LogP contribution in [0.2, 0.25) is 10.0 Å². The number of phenols is 1. The van der Waals surface area contributed by atoms with Crippen LogP contribution in [0.3, 0.4) is 0 Å². The van der Waals surface area contributed by atoms with Gasteiger partial charge >= 0.3 is 0 Å². The fraction of sp³-hybridized carbons (Fsp3) is 0.115. The van der Waals surface area contributed by atoms with Crippen LogP contribution in [-0.4, -0.2) is 30.6 Å². The number of carbonyl (C=O) groups excluding carboxylic acids is 1. The van der Waals surface area contributed by atoms with Crippen molar-refractivity contribution in [2.45, 2.75) is 18.7 Å². The first kappa shape index (κ1) is 27.3. The number of aromatic hydroxyl groups is 1. The van der Waals surface area contributed by atoms with E-state index in [0.29, 0.717) is 33.8 Å². The Labute approximate surface area is 228 Å². The Bertz CT molecular complexity index is 1710. The van der Waals surface area contributed by atoms with Crippen molar-refractivity contribution in [3.63, 3.8) is 0 Å². The highest BCUT2D eigenvalue weighted by Gasteiger charge is 2.22. The molecular weight excluding hydrogens is 553 g/mol. The van der Waals surface area contributed by atoms with E-state index in [-0.39, 0.29) is 27.5 Å².